The zero-order valence-corrected chi connectivity index (χ0v) is 12.8. The summed E-state index contributed by atoms with van der Waals surface area (Å²) < 4.78 is 27.6. The molecule has 1 heterocycles. The predicted octanol–water partition coefficient (Wildman–Crippen LogP) is 0.906. The maximum Gasteiger partial charge on any atom is 0.260 e. The van der Waals surface area contributed by atoms with Gasteiger partial charge in [-0.3, -0.25) is 5.10 Å². The fraction of sp³-hybridized carbons (Fsp3) is 0.769. The van der Waals surface area contributed by atoms with Crippen LogP contribution in [0, 0.1) is 18.3 Å². The molecule has 2 saturated carbocycles. The minimum atomic E-state index is -3.52. The highest BCUT2D eigenvalue weighted by atomic mass is 32.2. The largest absolute Gasteiger partial charge is 0.316 e. The van der Waals surface area contributed by atoms with Crippen molar-refractivity contribution in [2.75, 3.05) is 13.6 Å². The van der Waals surface area contributed by atoms with Gasteiger partial charge in [-0.1, -0.05) is 0 Å². The van der Waals surface area contributed by atoms with Gasteiger partial charge in [-0.25, -0.2) is 13.1 Å². The van der Waals surface area contributed by atoms with Crippen LogP contribution in [0.5, 0.6) is 0 Å². The zero-order chi connectivity index (χ0) is 14.4. The second kappa shape index (κ2) is 4.82. The molecular formula is C13H22N4O2S. The molecule has 1 aromatic rings. The maximum atomic E-state index is 12.4. The Labute approximate surface area is 119 Å². The van der Waals surface area contributed by atoms with E-state index in [4.69, 9.17) is 0 Å². The number of rotatable bonds is 7. The molecule has 0 saturated heterocycles. The van der Waals surface area contributed by atoms with Crippen LogP contribution in [0.15, 0.2) is 5.03 Å². The Hall–Kier alpha value is -0.920. The zero-order valence-electron chi connectivity index (χ0n) is 12.0. The lowest BCUT2D eigenvalue weighted by molar-refractivity contribution is 0.431. The highest BCUT2D eigenvalue weighted by Crippen LogP contribution is 2.60. The van der Waals surface area contributed by atoms with Gasteiger partial charge in [0.1, 0.15) is 0 Å². The molecule has 1 aromatic heterocycles. The third kappa shape index (κ3) is 2.49. The van der Waals surface area contributed by atoms with Crippen LogP contribution in [0.2, 0.25) is 0 Å². The van der Waals surface area contributed by atoms with Crippen molar-refractivity contribution < 1.29 is 8.42 Å². The Kier molecular flexibility index (Phi) is 3.38. The van der Waals surface area contributed by atoms with Gasteiger partial charge >= 0.3 is 0 Å². The lowest BCUT2D eigenvalue weighted by Crippen LogP contribution is -2.32. The summed E-state index contributed by atoms with van der Waals surface area (Å²) in [5.41, 5.74) is 1.76. The normalized spacial score (nSPS) is 21.1. The minimum absolute atomic E-state index is 0.135. The number of hydrogen-bond acceptors (Lipinski definition) is 4. The van der Waals surface area contributed by atoms with E-state index in [1.165, 1.54) is 12.8 Å². The van der Waals surface area contributed by atoms with E-state index in [0.717, 1.165) is 30.0 Å². The molecule has 112 valence electrons. The van der Waals surface area contributed by atoms with E-state index >= 15 is 0 Å². The van der Waals surface area contributed by atoms with E-state index in [-0.39, 0.29) is 10.4 Å². The van der Waals surface area contributed by atoms with Crippen LogP contribution in [0.25, 0.3) is 0 Å². The molecule has 0 aromatic carbocycles. The molecular weight excluding hydrogens is 276 g/mol. The smallest absolute Gasteiger partial charge is 0.260 e. The Balaban J connectivity index is 1.74. The van der Waals surface area contributed by atoms with Gasteiger partial charge in [0.25, 0.3) is 10.0 Å². The van der Waals surface area contributed by atoms with E-state index < -0.39 is 10.0 Å². The van der Waals surface area contributed by atoms with Gasteiger partial charge in [-0.15, -0.1) is 0 Å². The van der Waals surface area contributed by atoms with E-state index in [0.29, 0.717) is 13.1 Å². The molecule has 0 bridgehead atoms. The van der Waals surface area contributed by atoms with Gasteiger partial charge in [0.2, 0.25) is 0 Å². The summed E-state index contributed by atoms with van der Waals surface area (Å²) in [7, 11) is -1.73. The van der Waals surface area contributed by atoms with Gasteiger partial charge in [-0.2, -0.15) is 5.10 Å². The van der Waals surface area contributed by atoms with Gasteiger partial charge < -0.3 is 5.32 Å². The Bertz CT molecular complexity index is 600. The van der Waals surface area contributed by atoms with Crippen molar-refractivity contribution in [1.29, 1.82) is 0 Å². The number of nitrogens with one attached hydrogen (secondary N) is 3. The minimum Gasteiger partial charge on any atom is -0.316 e. The quantitative estimate of drug-likeness (QED) is 0.698. The Morgan fingerprint density at radius 3 is 2.65 bits per heavy atom. The third-order valence-electron chi connectivity index (χ3n) is 4.59. The summed E-state index contributed by atoms with van der Waals surface area (Å²) in [6, 6.07) is 0. The highest BCUT2D eigenvalue weighted by molar-refractivity contribution is 7.89. The fourth-order valence-electron chi connectivity index (χ4n) is 2.93. The molecule has 0 amide bonds. The molecule has 0 aliphatic heterocycles. The van der Waals surface area contributed by atoms with E-state index in [1.807, 2.05) is 6.92 Å². The molecule has 0 spiro atoms. The van der Waals surface area contributed by atoms with Gasteiger partial charge in [0, 0.05) is 24.3 Å². The summed E-state index contributed by atoms with van der Waals surface area (Å²) >= 11 is 0. The molecule has 0 atom stereocenters. The first-order valence-corrected chi connectivity index (χ1v) is 8.65. The van der Waals surface area contributed by atoms with E-state index in [2.05, 4.69) is 20.2 Å². The SMILES string of the molecule is CNCc1c(S(=O)(=O)NCC2(C3CC3)CC2)n[nH]c1C. The van der Waals surface area contributed by atoms with Crippen molar-refractivity contribution in [2.24, 2.45) is 11.3 Å². The van der Waals surface area contributed by atoms with Crippen molar-refractivity contribution in [3.8, 4) is 0 Å². The molecule has 0 unspecified atom stereocenters. The first kappa shape index (κ1) is 14.0. The van der Waals surface area contributed by atoms with Crippen molar-refractivity contribution in [3.05, 3.63) is 11.3 Å². The van der Waals surface area contributed by atoms with Crippen molar-refractivity contribution >= 4 is 10.0 Å². The number of hydrogen-bond donors (Lipinski definition) is 3. The molecule has 6 nitrogen and oxygen atoms in total. The topological polar surface area (TPSA) is 86.9 Å². The van der Waals surface area contributed by atoms with Crippen LogP contribution in [0.3, 0.4) is 0 Å². The number of aromatic nitrogens is 2. The molecule has 20 heavy (non-hydrogen) atoms. The van der Waals surface area contributed by atoms with Crippen LogP contribution in [0.1, 0.15) is 36.9 Å². The predicted molar refractivity (Wildman–Crippen MR) is 75.7 cm³/mol. The Morgan fingerprint density at radius 1 is 1.40 bits per heavy atom. The van der Waals surface area contributed by atoms with Crippen LogP contribution in [-0.4, -0.2) is 32.2 Å². The maximum absolute atomic E-state index is 12.4. The van der Waals surface area contributed by atoms with Crippen molar-refractivity contribution in [1.82, 2.24) is 20.2 Å². The van der Waals surface area contributed by atoms with Crippen LogP contribution in [0.4, 0.5) is 0 Å². The number of aromatic amines is 1. The summed E-state index contributed by atoms with van der Waals surface area (Å²) in [4.78, 5) is 0. The van der Waals surface area contributed by atoms with Crippen molar-refractivity contribution in [3.63, 3.8) is 0 Å². The lowest BCUT2D eigenvalue weighted by Gasteiger charge is -2.15. The van der Waals surface area contributed by atoms with E-state index in [9.17, 15) is 8.42 Å². The Morgan fingerprint density at radius 2 is 2.10 bits per heavy atom. The molecule has 7 heteroatoms. The van der Waals surface area contributed by atoms with E-state index in [1.54, 1.807) is 7.05 Å². The van der Waals surface area contributed by atoms with Crippen LogP contribution < -0.4 is 10.0 Å². The summed E-state index contributed by atoms with van der Waals surface area (Å²) in [5.74, 6) is 0.739. The second-order valence-electron chi connectivity index (χ2n) is 6.12. The number of sulfonamides is 1. The van der Waals surface area contributed by atoms with Crippen molar-refractivity contribution in [2.45, 2.75) is 44.2 Å². The van der Waals surface area contributed by atoms with Crippen LogP contribution in [-0.2, 0) is 16.6 Å². The monoisotopic (exact) mass is 298 g/mol. The molecule has 3 N–H and O–H groups in total. The first-order chi connectivity index (χ1) is 9.48. The van der Waals surface area contributed by atoms with Crippen LogP contribution >= 0.6 is 0 Å². The fourth-order valence-corrected chi connectivity index (χ4v) is 4.26. The molecule has 2 aliphatic rings. The molecule has 2 aliphatic carbocycles. The number of H-pyrrole nitrogens is 1. The number of aryl methyl sites for hydroxylation is 1. The molecule has 0 radical (unpaired) electrons. The first-order valence-electron chi connectivity index (χ1n) is 7.17. The second-order valence-corrected chi connectivity index (χ2v) is 7.81. The summed E-state index contributed by atoms with van der Waals surface area (Å²) in [6.45, 7) is 2.89. The number of nitrogens with zero attached hydrogens (tertiary/aromatic N) is 1. The van der Waals surface area contributed by atoms with Gasteiger partial charge in [0.05, 0.1) is 0 Å². The van der Waals surface area contributed by atoms with Gasteiger partial charge in [0.15, 0.2) is 5.03 Å². The molecule has 2 fully saturated rings. The highest BCUT2D eigenvalue weighted by Gasteiger charge is 2.53. The lowest BCUT2D eigenvalue weighted by atomic mass is 10.0. The third-order valence-corrected chi connectivity index (χ3v) is 5.97. The summed E-state index contributed by atoms with van der Waals surface area (Å²) in [6.07, 6.45) is 4.83. The molecule has 3 rings (SSSR count). The standard InChI is InChI=1S/C13H22N4O2S/c1-9-11(7-14-2)12(17-16-9)20(18,19)15-8-13(5-6-13)10-3-4-10/h10,14-15H,3-8H2,1-2H3,(H,16,17). The average molecular weight is 298 g/mol. The average Bonchev–Trinajstić information content (AvgIpc) is 3.28. The van der Waals surface area contributed by atoms with Gasteiger partial charge in [-0.05, 0) is 51.0 Å². The summed E-state index contributed by atoms with van der Waals surface area (Å²) in [5, 5.41) is 9.86.